The molecule has 0 radical (unpaired) electrons. The molecule has 0 saturated heterocycles. The summed E-state index contributed by atoms with van der Waals surface area (Å²) in [5.41, 5.74) is 0. The minimum absolute atomic E-state index is 0.0963. The molecule has 1 amide bonds. The van der Waals surface area contributed by atoms with Crippen LogP contribution in [-0.4, -0.2) is 17.1 Å². The first kappa shape index (κ1) is 12.8. The fourth-order valence-electron chi connectivity index (χ4n) is 2.55. The first-order valence-corrected chi connectivity index (χ1v) is 7.10. The summed E-state index contributed by atoms with van der Waals surface area (Å²) in [6.45, 7) is 4.57. The van der Waals surface area contributed by atoms with Crippen LogP contribution in [0.4, 0.5) is 0 Å². The van der Waals surface area contributed by atoms with Crippen LogP contribution in [0.2, 0.25) is 0 Å². The Morgan fingerprint density at radius 2 is 1.88 bits per heavy atom. The molecule has 0 aromatic heterocycles. The maximum Gasteiger partial charge on any atom is 0.229 e. The van der Waals surface area contributed by atoms with Crippen molar-refractivity contribution in [3.63, 3.8) is 0 Å². The molecule has 0 bridgehead atoms. The highest BCUT2D eigenvalue weighted by Crippen LogP contribution is 2.30. The summed E-state index contributed by atoms with van der Waals surface area (Å²) in [6.07, 6.45) is 5.75. The molecule has 2 aliphatic carbocycles. The van der Waals surface area contributed by atoms with Crippen LogP contribution in [0.1, 0.15) is 46.0 Å². The third kappa shape index (κ3) is 3.41. The molecule has 2 aliphatic rings. The van der Waals surface area contributed by atoms with Crippen LogP contribution in [0.25, 0.3) is 0 Å². The predicted molar refractivity (Wildman–Crippen MR) is 72.6 cm³/mol. The third-order valence-electron chi connectivity index (χ3n) is 4.21. The normalized spacial score (nSPS) is 32.9. The lowest BCUT2D eigenvalue weighted by molar-refractivity contribution is -0.120. The van der Waals surface area contributed by atoms with E-state index in [9.17, 15) is 4.79 Å². The molecule has 0 spiro atoms. The first-order chi connectivity index (χ1) is 8.08. The van der Waals surface area contributed by atoms with Crippen LogP contribution in [0.3, 0.4) is 0 Å². The zero-order valence-corrected chi connectivity index (χ0v) is 11.5. The van der Waals surface area contributed by atoms with E-state index in [0.29, 0.717) is 17.1 Å². The van der Waals surface area contributed by atoms with E-state index >= 15 is 0 Å². The average Bonchev–Trinajstić information content (AvgIpc) is 3.08. The van der Waals surface area contributed by atoms with Crippen LogP contribution in [0.5, 0.6) is 0 Å². The zero-order chi connectivity index (χ0) is 12.4. The van der Waals surface area contributed by atoms with Crippen molar-refractivity contribution in [3.05, 3.63) is 0 Å². The quantitative estimate of drug-likeness (QED) is 0.742. The number of rotatable bonds is 2. The molecule has 2 fully saturated rings. The molecule has 2 saturated carbocycles. The molecule has 4 heteroatoms. The van der Waals surface area contributed by atoms with Crippen LogP contribution >= 0.6 is 12.2 Å². The predicted octanol–water partition coefficient (Wildman–Crippen LogP) is 2.21. The van der Waals surface area contributed by atoms with Gasteiger partial charge < -0.3 is 10.6 Å². The minimum Gasteiger partial charge on any atom is -0.359 e. The lowest BCUT2D eigenvalue weighted by Gasteiger charge is -2.35. The maximum atomic E-state index is 11.6. The van der Waals surface area contributed by atoms with Gasteiger partial charge in [-0.2, -0.15) is 0 Å². The molecule has 3 atom stereocenters. The molecule has 2 rings (SSSR count). The molecule has 0 aliphatic heterocycles. The van der Waals surface area contributed by atoms with Crippen molar-refractivity contribution in [2.75, 3.05) is 0 Å². The summed E-state index contributed by atoms with van der Waals surface area (Å²) >= 11 is 5.21. The van der Waals surface area contributed by atoms with E-state index < -0.39 is 0 Å². The van der Waals surface area contributed by atoms with Gasteiger partial charge in [-0.05, 0) is 43.3 Å². The molecule has 17 heavy (non-hydrogen) atoms. The largest absolute Gasteiger partial charge is 0.359 e. The average molecular weight is 254 g/mol. The van der Waals surface area contributed by atoms with Gasteiger partial charge in [0.2, 0.25) is 5.91 Å². The van der Waals surface area contributed by atoms with Crippen molar-refractivity contribution in [1.82, 2.24) is 10.6 Å². The number of nitrogens with one attached hydrogen (secondary N) is 2. The highest BCUT2D eigenvalue weighted by Gasteiger charge is 2.31. The third-order valence-corrected chi connectivity index (χ3v) is 4.43. The number of hydrogen-bond acceptors (Lipinski definition) is 2. The van der Waals surface area contributed by atoms with E-state index in [2.05, 4.69) is 24.5 Å². The summed E-state index contributed by atoms with van der Waals surface area (Å²) in [7, 11) is 0. The van der Waals surface area contributed by atoms with Gasteiger partial charge in [0.25, 0.3) is 0 Å². The second-order valence-electron chi connectivity index (χ2n) is 5.61. The molecular formula is C13H22N2OS. The Labute approximate surface area is 109 Å². The molecule has 0 heterocycles. The first-order valence-electron chi connectivity index (χ1n) is 6.69. The Balaban J connectivity index is 1.78. The topological polar surface area (TPSA) is 41.1 Å². The Bertz CT molecular complexity index is 315. The van der Waals surface area contributed by atoms with Crippen molar-refractivity contribution in [2.45, 2.75) is 52.0 Å². The standard InChI is InChI=1S/C13H22N2OS/c1-8-4-3-5-11(9(8)2)14-13(17)15-12(16)10-6-7-10/h8-11H,3-7H2,1-2H3,(H2,14,15,16,17)/t8-,9-,11+/m0/s1. The summed E-state index contributed by atoms with van der Waals surface area (Å²) in [4.78, 5) is 11.6. The van der Waals surface area contributed by atoms with Gasteiger partial charge in [0.05, 0.1) is 0 Å². The number of carbonyl (C=O) groups excluding carboxylic acids is 1. The van der Waals surface area contributed by atoms with Crippen molar-refractivity contribution in [1.29, 1.82) is 0 Å². The van der Waals surface area contributed by atoms with E-state index in [-0.39, 0.29) is 11.8 Å². The van der Waals surface area contributed by atoms with Crippen molar-refractivity contribution < 1.29 is 4.79 Å². The van der Waals surface area contributed by atoms with Gasteiger partial charge in [-0.25, -0.2) is 0 Å². The van der Waals surface area contributed by atoms with Gasteiger partial charge in [-0.15, -0.1) is 0 Å². The highest BCUT2D eigenvalue weighted by atomic mass is 32.1. The monoisotopic (exact) mass is 254 g/mol. The number of hydrogen-bond donors (Lipinski definition) is 2. The smallest absolute Gasteiger partial charge is 0.229 e. The Morgan fingerprint density at radius 1 is 1.18 bits per heavy atom. The van der Waals surface area contributed by atoms with Crippen LogP contribution in [0, 0.1) is 17.8 Å². The van der Waals surface area contributed by atoms with Crippen LogP contribution < -0.4 is 10.6 Å². The molecule has 0 aromatic carbocycles. The van der Waals surface area contributed by atoms with E-state index in [1.807, 2.05) is 0 Å². The summed E-state index contributed by atoms with van der Waals surface area (Å²) < 4.78 is 0. The van der Waals surface area contributed by atoms with Gasteiger partial charge in [0.1, 0.15) is 0 Å². The molecule has 96 valence electrons. The number of amides is 1. The molecule has 3 nitrogen and oxygen atoms in total. The minimum atomic E-state index is 0.0963. The Kier molecular flexibility index (Phi) is 4.02. The van der Waals surface area contributed by atoms with Crippen LogP contribution in [-0.2, 0) is 4.79 Å². The van der Waals surface area contributed by atoms with Gasteiger partial charge in [-0.3, -0.25) is 4.79 Å². The second kappa shape index (κ2) is 5.34. The molecular weight excluding hydrogens is 232 g/mol. The van der Waals surface area contributed by atoms with Crippen LogP contribution in [0.15, 0.2) is 0 Å². The number of carbonyl (C=O) groups is 1. The Hall–Kier alpha value is -0.640. The fourth-order valence-corrected chi connectivity index (χ4v) is 2.80. The molecule has 2 N–H and O–H groups in total. The second-order valence-corrected chi connectivity index (χ2v) is 6.02. The fraction of sp³-hybridized carbons (Fsp3) is 0.846. The highest BCUT2D eigenvalue weighted by molar-refractivity contribution is 7.80. The van der Waals surface area contributed by atoms with E-state index in [0.717, 1.165) is 25.2 Å². The molecule has 0 aromatic rings. The summed E-state index contributed by atoms with van der Waals surface area (Å²) in [6, 6.07) is 0.422. The van der Waals surface area contributed by atoms with E-state index in [1.165, 1.54) is 12.8 Å². The SMILES string of the molecule is C[C@H]1[C@@H](C)CCC[C@H]1NC(=S)NC(=O)C1CC1. The summed E-state index contributed by atoms with van der Waals surface area (Å²) in [5, 5.41) is 6.64. The van der Waals surface area contributed by atoms with Crippen molar-refractivity contribution in [3.8, 4) is 0 Å². The van der Waals surface area contributed by atoms with E-state index in [1.54, 1.807) is 0 Å². The maximum absolute atomic E-state index is 11.6. The Morgan fingerprint density at radius 3 is 2.53 bits per heavy atom. The zero-order valence-electron chi connectivity index (χ0n) is 10.7. The van der Waals surface area contributed by atoms with Gasteiger partial charge in [0, 0.05) is 12.0 Å². The lowest BCUT2D eigenvalue weighted by Crippen LogP contribution is -2.49. The van der Waals surface area contributed by atoms with E-state index in [4.69, 9.17) is 12.2 Å². The van der Waals surface area contributed by atoms with Crippen molar-refractivity contribution >= 4 is 23.2 Å². The molecule has 0 unspecified atom stereocenters. The van der Waals surface area contributed by atoms with Gasteiger partial charge in [0.15, 0.2) is 5.11 Å². The number of thiocarbonyl (C=S) groups is 1. The van der Waals surface area contributed by atoms with Gasteiger partial charge in [-0.1, -0.05) is 26.7 Å². The van der Waals surface area contributed by atoms with Gasteiger partial charge >= 0.3 is 0 Å². The summed E-state index contributed by atoms with van der Waals surface area (Å²) in [5.74, 6) is 1.68. The lowest BCUT2D eigenvalue weighted by atomic mass is 9.78. The van der Waals surface area contributed by atoms with Crippen molar-refractivity contribution in [2.24, 2.45) is 17.8 Å².